The van der Waals surface area contributed by atoms with Crippen LogP contribution in [0.4, 0.5) is 0 Å². The summed E-state index contributed by atoms with van der Waals surface area (Å²) in [6.45, 7) is 5.97. The fourth-order valence-corrected chi connectivity index (χ4v) is 2.49. The maximum Gasteiger partial charge on any atom is 0.193 e. The Morgan fingerprint density at radius 2 is 1.96 bits per heavy atom. The minimum atomic E-state index is -0.0720. The fourth-order valence-electron chi connectivity index (χ4n) is 2.49. The van der Waals surface area contributed by atoms with Crippen LogP contribution in [0.3, 0.4) is 0 Å². The number of aryl methyl sites for hydroxylation is 1. The summed E-state index contributed by atoms with van der Waals surface area (Å²) in [5, 5.41) is 0.572. The van der Waals surface area contributed by atoms with Crippen LogP contribution in [-0.4, -0.2) is 13.7 Å². The lowest BCUT2D eigenvalue weighted by molar-refractivity contribution is 0.326. The highest BCUT2D eigenvalue weighted by atomic mass is 16.5. The summed E-state index contributed by atoms with van der Waals surface area (Å²) in [6, 6.07) is 12.5. The highest BCUT2D eigenvalue weighted by molar-refractivity contribution is 5.79. The summed E-state index contributed by atoms with van der Waals surface area (Å²) in [6.07, 6.45) is 1.66. The Morgan fingerprint density at radius 3 is 2.71 bits per heavy atom. The molecule has 0 aliphatic carbocycles. The molecule has 1 heterocycles. The summed E-state index contributed by atoms with van der Waals surface area (Å²) in [5.74, 6) is 1.67. The second-order valence-electron chi connectivity index (χ2n) is 5.44. The van der Waals surface area contributed by atoms with Gasteiger partial charge in [-0.1, -0.05) is 18.7 Å². The molecule has 4 heteroatoms. The average Bonchev–Trinajstić information content (AvgIpc) is 2.59. The van der Waals surface area contributed by atoms with E-state index >= 15 is 0 Å². The van der Waals surface area contributed by atoms with Gasteiger partial charge in [-0.3, -0.25) is 4.79 Å². The van der Waals surface area contributed by atoms with E-state index in [1.54, 1.807) is 31.4 Å². The second-order valence-corrected chi connectivity index (χ2v) is 5.44. The maximum absolute atomic E-state index is 12.3. The molecule has 1 aromatic heterocycles. The average molecular weight is 322 g/mol. The van der Waals surface area contributed by atoms with Crippen molar-refractivity contribution in [3.63, 3.8) is 0 Å². The third-order valence-electron chi connectivity index (χ3n) is 3.69. The van der Waals surface area contributed by atoms with Crippen LogP contribution in [0.15, 0.2) is 64.3 Å². The first-order valence-corrected chi connectivity index (χ1v) is 7.59. The van der Waals surface area contributed by atoms with Crippen molar-refractivity contribution in [2.75, 3.05) is 13.7 Å². The van der Waals surface area contributed by atoms with E-state index in [0.717, 1.165) is 11.1 Å². The van der Waals surface area contributed by atoms with Gasteiger partial charge in [0.15, 0.2) is 16.9 Å². The Labute approximate surface area is 139 Å². The van der Waals surface area contributed by atoms with Crippen LogP contribution in [0, 0.1) is 6.92 Å². The van der Waals surface area contributed by atoms with Crippen molar-refractivity contribution in [1.82, 2.24) is 0 Å². The molecule has 0 spiro atoms. The number of rotatable bonds is 5. The first-order valence-electron chi connectivity index (χ1n) is 7.59. The lowest BCUT2D eigenvalue weighted by atomic mass is 10.1. The van der Waals surface area contributed by atoms with Crippen LogP contribution in [0.5, 0.6) is 11.5 Å². The maximum atomic E-state index is 12.3. The van der Waals surface area contributed by atoms with Gasteiger partial charge in [-0.2, -0.15) is 0 Å². The Balaban J connectivity index is 2.09. The van der Waals surface area contributed by atoms with Gasteiger partial charge in [0, 0.05) is 11.6 Å². The first-order chi connectivity index (χ1) is 11.6. The third kappa shape index (κ3) is 3.04. The van der Waals surface area contributed by atoms with E-state index in [4.69, 9.17) is 13.9 Å². The molecule has 0 radical (unpaired) electrons. The zero-order valence-corrected chi connectivity index (χ0v) is 13.7. The van der Waals surface area contributed by atoms with E-state index in [1.807, 2.05) is 25.1 Å². The molecule has 0 bridgehead atoms. The van der Waals surface area contributed by atoms with E-state index < -0.39 is 0 Å². The van der Waals surface area contributed by atoms with Crippen molar-refractivity contribution in [2.45, 2.75) is 6.92 Å². The Kier molecular flexibility index (Phi) is 4.38. The van der Waals surface area contributed by atoms with Crippen molar-refractivity contribution >= 4 is 11.0 Å². The van der Waals surface area contributed by atoms with E-state index in [2.05, 4.69) is 6.58 Å². The van der Waals surface area contributed by atoms with Crippen LogP contribution < -0.4 is 14.9 Å². The number of benzene rings is 2. The van der Waals surface area contributed by atoms with E-state index in [9.17, 15) is 4.79 Å². The molecule has 0 N–H and O–H groups in total. The molecule has 4 nitrogen and oxygen atoms in total. The van der Waals surface area contributed by atoms with Gasteiger partial charge in [-0.05, 0) is 42.8 Å². The topological polar surface area (TPSA) is 48.7 Å². The molecule has 24 heavy (non-hydrogen) atoms. The molecule has 3 rings (SSSR count). The van der Waals surface area contributed by atoms with Crippen molar-refractivity contribution in [1.29, 1.82) is 0 Å². The van der Waals surface area contributed by atoms with Crippen LogP contribution in [0.2, 0.25) is 0 Å². The molecule has 0 fully saturated rings. The number of ether oxygens (including phenoxy) is 2. The van der Waals surface area contributed by atoms with Gasteiger partial charge in [-0.15, -0.1) is 0 Å². The number of fused-ring (bicyclic) bond motifs is 1. The van der Waals surface area contributed by atoms with Gasteiger partial charge in [-0.25, -0.2) is 0 Å². The molecule has 122 valence electrons. The van der Waals surface area contributed by atoms with Crippen LogP contribution >= 0.6 is 0 Å². The minimum Gasteiger partial charge on any atom is -0.493 e. The van der Waals surface area contributed by atoms with Gasteiger partial charge in [0.2, 0.25) is 0 Å². The number of hydrogen-bond acceptors (Lipinski definition) is 4. The Morgan fingerprint density at radius 1 is 1.12 bits per heavy atom. The molecule has 0 unspecified atom stereocenters. The summed E-state index contributed by atoms with van der Waals surface area (Å²) in [4.78, 5) is 12.3. The van der Waals surface area contributed by atoms with E-state index in [0.29, 0.717) is 34.8 Å². The molecule has 0 aliphatic rings. The molecule has 3 aromatic rings. The van der Waals surface area contributed by atoms with Crippen LogP contribution in [-0.2, 0) is 0 Å². The lowest BCUT2D eigenvalue weighted by Crippen LogP contribution is -2.01. The van der Waals surface area contributed by atoms with Crippen molar-refractivity contribution < 1.29 is 13.9 Å². The van der Waals surface area contributed by atoms with E-state index in [1.165, 1.54) is 6.07 Å². The lowest BCUT2D eigenvalue weighted by Gasteiger charge is -2.11. The molecule has 0 saturated carbocycles. The summed E-state index contributed by atoms with van der Waals surface area (Å²) in [5.41, 5.74) is 2.28. The summed E-state index contributed by atoms with van der Waals surface area (Å²) in [7, 11) is 1.57. The smallest absolute Gasteiger partial charge is 0.193 e. The standard InChI is InChI=1S/C20H18O4/c1-4-9-23-17-8-6-14(11-20(17)22-3)18-12-16(21)15-7-5-13(2)10-19(15)24-18/h4-8,10-12H,1,9H2,2-3H3. The van der Waals surface area contributed by atoms with Crippen molar-refractivity contribution in [2.24, 2.45) is 0 Å². The quantitative estimate of drug-likeness (QED) is 0.656. The molecule has 0 saturated heterocycles. The SMILES string of the molecule is C=CCOc1ccc(-c2cc(=O)c3ccc(C)cc3o2)cc1OC. The third-order valence-corrected chi connectivity index (χ3v) is 3.69. The van der Waals surface area contributed by atoms with Crippen LogP contribution in [0.25, 0.3) is 22.3 Å². The molecule has 2 aromatic carbocycles. The largest absolute Gasteiger partial charge is 0.493 e. The number of hydrogen-bond donors (Lipinski definition) is 0. The molecular formula is C20H18O4. The Bertz CT molecular complexity index is 954. The highest BCUT2D eigenvalue weighted by Gasteiger charge is 2.11. The van der Waals surface area contributed by atoms with Gasteiger partial charge < -0.3 is 13.9 Å². The second kappa shape index (κ2) is 6.62. The first kappa shape index (κ1) is 15.9. The van der Waals surface area contributed by atoms with Gasteiger partial charge in [0.25, 0.3) is 0 Å². The molecule has 0 amide bonds. The Hall–Kier alpha value is -3.01. The predicted molar refractivity (Wildman–Crippen MR) is 94.9 cm³/mol. The summed E-state index contributed by atoms with van der Waals surface area (Å²) < 4.78 is 16.8. The van der Waals surface area contributed by atoms with Crippen LogP contribution in [0.1, 0.15) is 5.56 Å². The molecular weight excluding hydrogens is 304 g/mol. The zero-order valence-electron chi connectivity index (χ0n) is 13.7. The summed E-state index contributed by atoms with van der Waals surface area (Å²) >= 11 is 0. The van der Waals surface area contributed by atoms with Gasteiger partial charge in [0.05, 0.1) is 12.5 Å². The van der Waals surface area contributed by atoms with Gasteiger partial charge in [0.1, 0.15) is 18.0 Å². The van der Waals surface area contributed by atoms with Crippen molar-refractivity contribution in [3.8, 4) is 22.8 Å². The van der Waals surface area contributed by atoms with Gasteiger partial charge >= 0.3 is 0 Å². The predicted octanol–water partition coefficient (Wildman–Crippen LogP) is 4.34. The minimum absolute atomic E-state index is 0.0720. The zero-order chi connectivity index (χ0) is 17.1. The van der Waals surface area contributed by atoms with E-state index in [-0.39, 0.29) is 5.43 Å². The highest BCUT2D eigenvalue weighted by Crippen LogP contribution is 2.33. The van der Waals surface area contributed by atoms with Crippen molar-refractivity contribution in [3.05, 3.63) is 70.9 Å². The fraction of sp³-hybridized carbons (Fsp3) is 0.150. The molecule has 0 atom stereocenters. The molecule has 0 aliphatic heterocycles. The number of methoxy groups -OCH3 is 1. The normalized spacial score (nSPS) is 10.6. The monoisotopic (exact) mass is 322 g/mol.